The minimum atomic E-state index is -0.260. The molecule has 0 radical (unpaired) electrons. The summed E-state index contributed by atoms with van der Waals surface area (Å²) in [5, 5.41) is 3.30. The summed E-state index contributed by atoms with van der Waals surface area (Å²) in [6.07, 6.45) is 7.61. The third-order valence-corrected chi connectivity index (χ3v) is 6.48. The summed E-state index contributed by atoms with van der Waals surface area (Å²) >= 11 is 6.24. The first kappa shape index (κ1) is 21.1. The van der Waals surface area contributed by atoms with Gasteiger partial charge in [0.1, 0.15) is 0 Å². The molecule has 2 aliphatic rings. The molecule has 0 aliphatic carbocycles. The summed E-state index contributed by atoms with van der Waals surface area (Å²) in [6.45, 7) is 6.66. The number of hydrogen-bond donors (Lipinski definition) is 1. The first-order chi connectivity index (χ1) is 14.6. The second-order valence-electron chi connectivity index (χ2n) is 8.33. The molecule has 7 heteroatoms. The molecule has 1 aromatic heterocycles. The lowest BCUT2D eigenvalue weighted by molar-refractivity contribution is 0.0945. The average Bonchev–Trinajstić information content (AvgIpc) is 3.30. The second-order valence-corrected chi connectivity index (χ2v) is 8.73. The molecular weight excluding hydrogens is 398 g/mol. The van der Waals surface area contributed by atoms with Crippen molar-refractivity contribution in [2.45, 2.75) is 58.2 Å². The first-order valence-corrected chi connectivity index (χ1v) is 11.4. The molecule has 2 aromatic rings. The van der Waals surface area contributed by atoms with Crippen LogP contribution in [0, 0.1) is 0 Å². The Kier molecular flexibility index (Phi) is 6.85. The molecule has 0 spiro atoms. The Labute approximate surface area is 183 Å². The maximum Gasteiger partial charge on any atom is 0.271 e. The summed E-state index contributed by atoms with van der Waals surface area (Å²) in [5.74, 6) is 0.325. The number of halogens is 1. The third-order valence-electron chi connectivity index (χ3n) is 6.21. The van der Waals surface area contributed by atoms with Crippen LogP contribution in [0.25, 0.3) is 0 Å². The van der Waals surface area contributed by atoms with E-state index < -0.39 is 0 Å². The van der Waals surface area contributed by atoms with Crippen molar-refractivity contribution in [2.75, 3.05) is 24.5 Å². The van der Waals surface area contributed by atoms with Crippen LogP contribution in [-0.2, 0) is 13.1 Å². The number of carbonyl (C=O) groups is 1. The van der Waals surface area contributed by atoms with Gasteiger partial charge in [-0.1, -0.05) is 42.3 Å². The van der Waals surface area contributed by atoms with Crippen LogP contribution in [0.4, 0.5) is 5.95 Å². The average molecular weight is 428 g/mol. The molecule has 1 atom stereocenters. The highest BCUT2D eigenvalue weighted by atomic mass is 35.5. The van der Waals surface area contributed by atoms with Gasteiger partial charge in [0.15, 0.2) is 5.69 Å². The largest absolute Gasteiger partial charge is 0.347 e. The summed E-state index contributed by atoms with van der Waals surface area (Å²) in [6, 6.07) is 8.94. The van der Waals surface area contributed by atoms with Crippen molar-refractivity contribution in [3.63, 3.8) is 0 Å². The number of hydrogen-bond acceptors (Lipinski definition) is 5. The lowest BCUT2D eigenvalue weighted by Crippen LogP contribution is -2.37. The monoisotopic (exact) mass is 427 g/mol. The van der Waals surface area contributed by atoms with Gasteiger partial charge in [0.25, 0.3) is 5.91 Å². The second kappa shape index (κ2) is 9.75. The number of anilines is 1. The van der Waals surface area contributed by atoms with Crippen LogP contribution in [0.1, 0.15) is 60.6 Å². The third kappa shape index (κ3) is 4.93. The van der Waals surface area contributed by atoms with Crippen molar-refractivity contribution in [3.05, 3.63) is 52.3 Å². The number of piperidine rings is 1. The highest BCUT2D eigenvalue weighted by molar-refractivity contribution is 6.33. The molecule has 2 aliphatic heterocycles. The number of amides is 1. The Morgan fingerprint density at radius 3 is 2.63 bits per heavy atom. The Morgan fingerprint density at radius 2 is 1.87 bits per heavy atom. The smallest absolute Gasteiger partial charge is 0.271 e. The van der Waals surface area contributed by atoms with E-state index >= 15 is 0 Å². The standard InChI is InChI=1S/C23H30ClN5O/c1-17-8-4-5-13-29(17)16-19-10-3-2-9-18(19)14-25-22(30)21-20(24)15-26-23(27-21)28-11-6-7-12-28/h2-3,9-10,15,17H,4-8,11-14,16H2,1H3,(H,25,30). The highest BCUT2D eigenvalue weighted by Gasteiger charge is 2.21. The molecule has 6 nitrogen and oxygen atoms in total. The maximum absolute atomic E-state index is 12.8. The summed E-state index contributed by atoms with van der Waals surface area (Å²) in [5.41, 5.74) is 2.64. The zero-order chi connectivity index (χ0) is 20.9. The van der Waals surface area contributed by atoms with Crippen molar-refractivity contribution in [1.82, 2.24) is 20.2 Å². The van der Waals surface area contributed by atoms with E-state index in [0.29, 0.717) is 18.5 Å². The molecule has 0 bridgehead atoms. The van der Waals surface area contributed by atoms with E-state index in [4.69, 9.17) is 11.6 Å². The molecule has 1 N–H and O–H groups in total. The minimum absolute atomic E-state index is 0.246. The van der Waals surface area contributed by atoms with Gasteiger partial charge in [0.05, 0.1) is 11.2 Å². The van der Waals surface area contributed by atoms with Crippen LogP contribution in [0.15, 0.2) is 30.5 Å². The quantitative estimate of drug-likeness (QED) is 0.753. The molecule has 1 aromatic carbocycles. The van der Waals surface area contributed by atoms with Gasteiger partial charge in [-0.15, -0.1) is 0 Å². The molecular formula is C23H30ClN5O. The fraction of sp³-hybridized carbons (Fsp3) is 0.522. The predicted molar refractivity (Wildman–Crippen MR) is 120 cm³/mol. The van der Waals surface area contributed by atoms with Crippen LogP contribution < -0.4 is 10.2 Å². The highest BCUT2D eigenvalue weighted by Crippen LogP contribution is 2.22. The SMILES string of the molecule is CC1CCCCN1Cc1ccccc1CNC(=O)c1nc(N2CCCC2)ncc1Cl. The van der Waals surface area contributed by atoms with Crippen LogP contribution in [0.2, 0.25) is 5.02 Å². The Hall–Kier alpha value is -2.18. The molecule has 30 heavy (non-hydrogen) atoms. The van der Waals surface area contributed by atoms with Crippen LogP contribution in [-0.4, -0.2) is 46.5 Å². The van der Waals surface area contributed by atoms with E-state index in [2.05, 4.69) is 50.2 Å². The van der Waals surface area contributed by atoms with Crippen molar-refractivity contribution in [2.24, 2.45) is 0 Å². The van der Waals surface area contributed by atoms with Crippen molar-refractivity contribution < 1.29 is 4.79 Å². The van der Waals surface area contributed by atoms with Gasteiger partial charge in [-0.3, -0.25) is 9.69 Å². The number of carbonyl (C=O) groups excluding carboxylic acids is 1. The minimum Gasteiger partial charge on any atom is -0.347 e. The summed E-state index contributed by atoms with van der Waals surface area (Å²) < 4.78 is 0. The van der Waals surface area contributed by atoms with Gasteiger partial charge in [-0.25, -0.2) is 9.97 Å². The van der Waals surface area contributed by atoms with E-state index in [9.17, 15) is 4.79 Å². The van der Waals surface area contributed by atoms with Gasteiger partial charge < -0.3 is 10.2 Å². The molecule has 3 heterocycles. The molecule has 2 saturated heterocycles. The zero-order valence-corrected chi connectivity index (χ0v) is 18.4. The van der Waals surface area contributed by atoms with E-state index in [0.717, 1.165) is 44.6 Å². The fourth-order valence-corrected chi connectivity index (χ4v) is 4.52. The van der Waals surface area contributed by atoms with Gasteiger partial charge >= 0.3 is 0 Å². The lowest BCUT2D eigenvalue weighted by atomic mass is 10.0. The number of benzene rings is 1. The lowest BCUT2D eigenvalue weighted by Gasteiger charge is -2.33. The Morgan fingerprint density at radius 1 is 1.13 bits per heavy atom. The van der Waals surface area contributed by atoms with Gasteiger partial charge in [-0.05, 0) is 50.3 Å². The van der Waals surface area contributed by atoms with Crippen molar-refractivity contribution in [1.29, 1.82) is 0 Å². The number of rotatable bonds is 6. The normalized spacial score (nSPS) is 19.8. The Balaban J connectivity index is 1.43. The molecule has 2 fully saturated rings. The first-order valence-electron chi connectivity index (χ1n) is 11.0. The topological polar surface area (TPSA) is 61.4 Å². The van der Waals surface area contributed by atoms with E-state index in [1.807, 2.05) is 6.07 Å². The van der Waals surface area contributed by atoms with Gasteiger partial charge in [0, 0.05) is 32.2 Å². The zero-order valence-electron chi connectivity index (χ0n) is 17.6. The van der Waals surface area contributed by atoms with Crippen LogP contribution in [0.3, 0.4) is 0 Å². The Bertz CT molecular complexity index is 884. The maximum atomic E-state index is 12.8. The predicted octanol–water partition coefficient (Wildman–Crippen LogP) is 4.03. The summed E-state index contributed by atoms with van der Waals surface area (Å²) in [7, 11) is 0. The van der Waals surface area contributed by atoms with Crippen molar-refractivity contribution >= 4 is 23.5 Å². The molecule has 160 valence electrons. The van der Waals surface area contributed by atoms with Crippen LogP contribution in [0.5, 0.6) is 0 Å². The summed E-state index contributed by atoms with van der Waals surface area (Å²) in [4.78, 5) is 26.2. The van der Waals surface area contributed by atoms with E-state index in [1.54, 1.807) is 0 Å². The van der Waals surface area contributed by atoms with Gasteiger partial charge in [0.2, 0.25) is 5.95 Å². The molecule has 1 amide bonds. The number of aromatic nitrogens is 2. The van der Waals surface area contributed by atoms with E-state index in [1.165, 1.54) is 31.0 Å². The molecule has 0 saturated carbocycles. The fourth-order valence-electron chi connectivity index (χ4n) is 4.34. The van der Waals surface area contributed by atoms with Gasteiger partial charge in [-0.2, -0.15) is 0 Å². The van der Waals surface area contributed by atoms with Crippen LogP contribution >= 0.6 is 11.6 Å². The molecule has 4 rings (SSSR count). The number of nitrogens with zero attached hydrogens (tertiary/aromatic N) is 4. The van der Waals surface area contributed by atoms with Crippen molar-refractivity contribution in [3.8, 4) is 0 Å². The van der Waals surface area contributed by atoms with E-state index in [-0.39, 0.29) is 16.6 Å². The number of nitrogens with one attached hydrogen (secondary N) is 1. The number of likely N-dealkylation sites (tertiary alicyclic amines) is 1. The molecule has 1 unspecified atom stereocenters.